The molecule has 1 amide bonds. The van der Waals surface area contributed by atoms with Crippen LogP contribution in [0.3, 0.4) is 0 Å². The number of H-pyrrole nitrogens is 1. The molecule has 0 saturated carbocycles. The molecule has 2 heterocycles. The molecule has 0 aliphatic rings. The molecule has 0 bridgehead atoms. The molecule has 0 unspecified atom stereocenters. The van der Waals surface area contributed by atoms with E-state index in [0.717, 1.165) is 16.4 Å². The van der Waals surface area contributed by atoms with Crippen molar-refractivity contribution in [2.75, 3.05) is 5.32 Å². The summed E-state index contributed by atoms with van der Waals surface area (Å²) in [6, 6.07) is 14.8. The molecule has 0 aliphatic heterocycles. The van der Waals surface area contributed by atoms with E-state index in [1.54, 1.807) is 31.2 Å². The highest BCUT2D eigenvalue weighted by Gasteiger charge is 2.17. The van der Waals surface area contributed by atoms with Gasteiger partial charge in [0.15, 0.2) is 5.65 Å². The lowest BCUT2D eigenvalue weighted by molar-refractivity contribution is -0.115. The molecule has 130 valence electrons. The summed E-state index contributed by atoms with van der Waals surface area (Å²) < 4.78 is 0. The zero-order valence-electron chi connectivity index (χ0n) is 13.7. The third kappa shape index (κ3) is 3.36. The smallest absolute Gasteiger partial charge is 0.237 e. The zero-order valence-corrected chi connectivity index (χ0v) is 15.3. The number of carbonyl (C=O) groups excluding carboxylic acids is 1. The van der Waals surface area contributed by atoms with Crippen molar-refractivity contribution in [1.29, 1.82) is 0 Å². The van der Waals surface area contributed by atoms with E-state index in [4.69, 9.17) is 11.6 Å². The minimum atomic E-state index is -0.380. The van der Waals surface area contributed by atoms with Crippen LogP contribution in [-0.2, 0) is 4.79 Å². The normalized spacial score (nSPS) is 12.4. The van der Waals surface area contributed by atoms with Gasteiger partial charge in [-0.2, -0.15) is 0 Å². The summed E-state index contributed by atoms with van der Waals surface area (Å²) in [6.07, 6.45) is 0. The largest absolute Gasteiger partial charge is 0.338 e. The molecule has 0 saturated heterocycles. The number of aromatic nitrogens is 4. The van der Waals surface area contributed by atoms with Crippen LogP contribution in [0.2, 0.25) is 5.02 Å². The van der Waals surface area contributed by atoms with Gasteiger partial charge in [-0.05, 0) is 37.3 Å². The van der Waals surface area contributed by atoms with Gasteiger partial charge in [0.1, 0.15) is 5.52 Å². The fourth-order valence-corrected chi connectivity index (χ4v) is 3.38. The van der Waals surface area contributed by atoms with Crippen molar-refractivity contribution >= 4 is 57.0 Å². The van der Waals surface area contributed by atoms with Gasteiger partial charge in [0.05, 0.1) is 5.25 Å². The predicted molar refractivity (Wildman–Crippen MR) is 105 cm³/mol. The second-order valence-corrected chi connectivity index (χ2v) is 7.46. The van der Waals surface area contributed by atoms with E-state index < -0.39 is 0 Å². The van der Waals surface area contributed by atoms with Crippen molar-refractivity contribution in [3.63, 3.8) is 0 Å². The Hall–Kier alpha value is -2.64. The standard InChI is InChI=1S/C18H14ClN5OS/c1-10(17(25)20-12-8-6-11(19)7-9-12)26-18-22-16-15(23-24-18)13-4-2-3-5-14(13)21-16/h2-10H,1H3,(H,20,25)(H,21,22,24)/t10-/m1/s1. The van der Waals surface area contributed by atoms with Gasteiger partial charge in [-0.25, -0.2) is 4.98 Å². The molecule has 2 aromatic carbocycles. The minimum absolute atomic E-state index is 0.141. The van der Waals surface area contributed by atoms with E-state index in [-0.39, 0.29) is 11.2 Å². The molecule has 6 nitrogen and oxygen atoms in total. The first kappa shape index (κ1) is 16.8. The van der Waals surface area contributed by atoms with Crippen molar-refractivity contribution in [3.8, 4) is 0 Å². The molecule has 0 aliphatic carbocycles. The third-order valence-electron chi connectivity index (χ3n) is 3.87. The fraction of sp³-hybridized carbons (Fsp3) is 0.111. The first-order valence-corrected chi connectivity index (χ1v) is 9.20. The number of nitrogens with one attached hydrogen (secondary N) is 2. The first-order chi connectivity index (χ1) is 12.6. The van der Waals surface area contributed by atoms with E-state index >= 15 is 0 Å². The Bertz CT molecular complexity index is 1100. The van der Waals surface area contributed by atoms with Gasteiger partial charge in [0, 0.05) is 21.6 Å². The maximum absolute atomic E-state index is 12.4. The van der Waals surface area contributed by atoms with Crippen molar-refractivity contribution < 1.29 is 4.79 Å². The first-order valence-electron chi connectivity index (χ1n) is 7.94. The van der Waals surface area contributed by atoms with Crippen molar-refractivity contribution in [3.05, 3.63) is 53.6 Å². The Kier molecular flexibility index (Phi) is 4.48. The lowest BCUT2D eigenvalue weighted by atomic mass is 10.2. The molecule has 2 aromatic heterocycles. The Labute approximate surface area is 158 Å². The number of nitrogens with zero attached hydrogens (tertiary/aromatic N) is 3. The van der Waals surface area contributed by atoms with Crippen LogP contribution in [0.5, 0.6) is 0 Å². The zero-order chi connectivity index (χ0) is 18.1. The second-order valence-electron chi connectivity index (χ2n) is 5.72. The van der Waals surface area contributed by atoms with Crippen LogP contribution in [0.25, 0.3) is 22.1 Å². The maximum atomic E-state index is 12.4. The highest BCUT2D eigenvalue weighted by atomic mass is 35.5. The van der Waals surface area contributed by atoms with Gasteiger partial charge in [-0.1, -0.05) is 41.6 Å². The lowest BCUT2D eigenvalue weighted by Gasteiger charge is -2.10. The summed E-state index contributed by atoms with van der Waals surface area (Å²) in [6.45, 7) is 1.80. The van der Waals surface area contributed by atoms with Crippen LogP contribution < -0.4 is 5.32 Å². The van der Waals surface area contributed by atoms with E-state index in [2.05, 4.69) is 25.5 Å². The number of fused-ring (bicyclic) bond motifs is 3. The van der Waals surface area contributed by atoms with Crippen molar-refractivity contribution in [1.82, 2.24) is 20.2 Å². The number of amides is 1. The van der Waals surface area contributed by atoms with Crippen LogP contribution in [0.15, 0.2) is 53.7 Å². The van der Waals surface area contributed by atoms with Gasteiger partial charge in [0.2, 0.25) is 11.1 Å². The minimum Gasteiger partial charge on any atom is -0.338 e. The van der Waals surface area contributed by atoms with Crippen LogP contribution in [0.1, 0.15) is 6.92 Å². The number of benzene rings is 2. The molecule has 2 N–H and O–H groups in total. The summed E-state index contributed by atoms with van der Waals surface area (Å²) in [5, 5.41) is 12.9. The number of rotatable bonds is 4. The molecule has 0 spiro atoms. The van der Waals surface area contributed by atoms with Crippen LogP contribution >= 0.6 is 23.4 Å². The molecule has 4 aromatic rings. The van der Waals surface area contributed by atoms with Crippen molar-refractivity contribution in [2.45, 2.75) is 17.3 Å². The number of para-hydroxylation sites is 1. The Balaban J connectivity index is 1.51. The maximum Gasteiger partial charge on any atom is 0.237 e. The molecule has 4 rings (SSSR count). The summed E-state index contributed by atoms with van der Waals surface area (Å²) >= 11 is 7.11. The molecule has 0 radical (unpaired) electrons. The summed E-state index contributed by atoms with van der Waals surface area (Å²) in [5.74, 6) is -0.141. The van der Waals surface area contributed by atoms with Crippen LogP contribution in [0.4, 0.5) is 5.69 Å². The molecule has 1 atom stereocenters. The molecule has 8 heteroatoms. The molecule has 26 heavy (non-hydrogen) atoms. The van der Waals surface area contributed by atoms with Gasteiger partial charge in [-0.3, -0.25) is 4.79 Å². The molecule has 0 fully saturated rings. The fourth-order valence-electron chi connectivity index (χ4n) is 2.54. The van der Waals surface area contributed by atoms with Crippen LogP contribution in [0, 0.1) is 0 Å². The Morgan fingerprint density at radius 3 is 2.73 bits per heavy atom. The Morgan fingerprint density at radius 2 is 1.92 bits per heavy atom. The lowest BCUT2D eigenvalue weighted by Crippen LogP contribution is -2.22. The number of anilines is 1. The average molecular weight is 384 g/mol. The number of hydrogen-bond donors (Lipinski definition) is 2. The van der Waals surface area contributed by atoms with E-state index in [1.807, 2.05) is 24.3 Å². The highest BCUT2D eigenvalue weighted by Crippen LogP contribution is 2.25. The summed E-state index contributed by atoms with van der Waals surface area (Å²) in [5.41, 5.74) is 3.04. The monoisotopic (exact) mass is 383 g/mol. The van der Waals surface area contributed by atoms with Gasteiger partial charge >= 0.3 is 0 Å². The van der Waals surface area contributed by atoms with Crippen LogP contribution in [-0.4, -0.2) is 31.3 Å². The number of aromatic amines is 1. The van der Waals surface area contributed by atoms with E-state index in [1.165, 1.54) is 11.8 Å². The van der Waals surface area contributed by atoms with Gasteiger partial charge in [0.25, 0.3) is 0 Å². The predicted octanol–water partition coefficient (Wildman–Crippen LogP) is 4.28. The molecular weight excluding hydrogens is 370 g/mol. The van der Waals surface area contributed by atoms with E-state index in [9.17, 15) is 4.79 Å². The van der Waals surface area contributed by atoms with Gasteiger partial charge < -0.3 is 10.3 Å². The summed E-state index contributed by atoms with van der Waals surface area (Å²) in [4.78, 5) is 20.1. The van der Waals surface area contributed by atoms with E-state index in [0.29, 0.717) is 21.5 Å². The number of thioether (sulfide) groups is 1. The third-order valence-corrected chi connectivity index (χ3v) is 5.07. The number of carbonyl (C=O) groups is 1. The second kappa shape index (κ2) is 6.93. The summed E-state index contributed by atoms with van der Waals surface area (Å²) in [7, 11) is 0. The quantitative estimate of drug-likeness (QED) is 0.514. The number of hydrogen-bond acceptors (Lipinski definition) is 5. The topological polar surface area (TPSA) is 83.6 Å². The van der Waals surface area contributed by atoms with Gasteiger partial charge in [-0.15, -0.1) is 10.2 Å². The van der Waals surface area contributed by atoms with Crippen molar-refractivity contribution in [2.24, 2.45) is 0 Å². The molecular formula is C18H14ClN5OS. The highest BCUT2D eigenvalue weighted by molar-refractivity contribution is 8.00. The number of halogens is 1. The average Bonchev–Trinajstić information content (AvgIpc) is 3.01. The Morgan fingerprint density at radius 1 is 1.15 bits per heavy atom. The SMILES string of the molecule is C[C@@H](Sc1nnc2c(n1)[nH]c1ccccc12)C(=O)Nc1ccc(Cl)cc1.